The highest BCUT2D eigenvalue weighted by Crippen LogP contribution is 2.34. The largest absolute Gasteiger partial charge is 0.494 e. The van der Waals surface area contributed by atoms with Crippen molar-refractivity contribution in [1.82, 2.24) is 4.90 Å². The molecule has 4 amide bonds. The smallest absolute Gasteiger partial charge is 0.332 e. The lowest BCUT2D eigenvalue weighted by atomic mass is 10.1. The van der Waals surface area contributed by atoms with E-state index < -0.39 is 6.04 Å². The van der Waals surface area contributed by atoms with Crippen molar-refractivity contribution in [3.8, 4) is 5.75 Å². The van der Waals surface area contributed by atoms with E-state index in [9.17, 15) is 14.4 Å². The fourth-order valence-corrected chi connectivity index (χ4v) is 4.58. The zero-order valence-electron chi connectivity index (χ0n) is 18.5. The van der Waals surface area contributed by atoms with Crippen LogP contribution in [0.2, 0.25) is 0 Å². The predicted molar refractivity (Wildman–Crippen MR) is 123 cm³/mol. The highest BCUT2D eigenvalue weighted by atomic mass is 16.5. The number of benzene rings is 2. The lowest BCUT2D eigenvalue weighted by molar-refractivity contribution is -0.124. The van der Waals surface area contributed by atoms with Gasteiger partial charge in [-0.1, -0.05) is 25.0 Å². The van der Waals surface area contributed by atoms with Crippen LogP contribution in [-0.2, 0) is 9.59 Å². The maximum atomic E-state index is 13.4. The number of rotatable bonds is 7. The Labute approximate surface area is 188 Å². The average molecular weight is 436 g/mol. The van der Waals surface area contributed by atoms with Crippen molar-refractivity contribution in [2.75, 3.05) is 16.8 Å². The van der Waals surface area contributed by atoms with Crippen LogP contribution < -0.4 is 15.0 Å². The number of carbonyl (C=O) groups is 3. The summed E-state index contributed by atoms with van der Waals surface area (Å²) in [4.78, 5) is 42.4. The Morgan fingerprint density at radius 2 is 1.81 bits per heavy atom. The molecule has 1 saturated carbocycles. The number of hydrogen-bond acceptors (Lipinski definition) is 4. The monoisotopic (exact) mass is 435 g/mol. The first-order valence-electron chi connectivity index (χ1n) is 11.2. The molecule has 2 aromatic carbocycles. The number of imide groups is 1. The topological polar surface area (TPSA) is 79.0 Å². The van der Waals surface area contributed by atoms with E-state index in [2.05, 4.69) is 5.32 Å². The van der Waals surface area contributed by atoms with Crippen LogP contribution in [0.3, 0.4) is 0 Å². The van der Waals surface area contributed by atoms with Gasteiger partial charge < -0.3 is 15.0 Å². The summed E-state index contributed by atoms with van der Waals surface area (Å²) in [6.07, 6.45) is 3.70. The molecule has 0 aromatic heterocycles. The molecule has 2 aromatic rings. The summed E-state index contributed by atoms with van der Waals surface area (Å²) in [5.74, 6) is 0.0898. The summed E-state index contributed by atoms with van der Waals surface area (Å²) in [7, 11) is 0. The van der Waals surface area contributed by atoms with Crippen molar-refractivity contribution in [3.63, 3.8) is 0 Å². The molecule has 168 valence electrons. The van der Waals surface area contributed by atoms with Crippen molar-refractivity contribution in [1.29, 1.82) is 0 Å². The molecule has 0 radical (unpaired) electrons. The molecule has 1 N–H and O–H groups in total. The van der Waals surface area contributed by atoms with E-state index >= 15 is 0 Å². The first kappa shape index (κ1) is 21.9. The number of urea groups is 1. The molecule has 1 aliphatic carbocycles. The predicted octanol–water partition coefficient (Wildman–Crippen LogP) is 4.50. The minimum Gasteiger partial charge on any atom is -0.494 e. The lowest BCUT2D eigenvalue weighted by Gasteiger charge is -2.27. The Kier molecular flexibility index (Phi) is 6.44. The molecule has 0 spiro atoms. The molecule has 0 bridgehead atoms. The zero-order valence-corrected chi connectivity index (χ0v) is 18.5. The molecule has 0 unspecified atom stereocenters. The van der Waals surface area contributed by atoms with Crippen LogP contribution in [0.25, 0.3) is 0 Å². The molecule has 7 nitrogen and oxygen atoms in total. The van der Waals surface area contributed by atoms with Crippen LogP contribution in [0.15, 0.2) is 48.5 Å². The number of aryl methyl sites for hydroxylation is 1. The van der Waals surface area contributed by atoms with Crippen molar-refractivity contribution < 1.29 is 19.1 Å². The van der Waals surface area contributed by atoms with Crippen molar-refractivity contribution in [3.05, 3.63) is 54.1 Å². The molecule has 2 fully saturated rings. The molecule has 4 rings (SSSR count). The summed E-state index contributed by atoms with van der Waals surface area (Å²) in [6, 6.07) is 13.3. The second-order valence-corrected chi connectivity index (χ2v) is 8.37. The van der Waals surface area contributed by atoms with E-state index in [0.717, 1.165) is 37.0 Å². The highest BCUT2D eigenvalue weighted by Gasteiger charge is 2.49. The summed E-state index contributed by atoms with van der Waals surface area (Å²) in [5, 5.41) is 2.85. The number of nitrogens with zero attached hydrogens (tertiary/aromatic N) is 2. The molecule has 1 atom stereocenters. The minimum atomic E-state index is -0.797. The Hall–Kier alpha value is -3.35. The van der Waals surface area contributed by atoms with Crippen molar-refractivity contribution >= 4 is 29.2 Å². The van der Waals surface area contributed by atoms with Gasteiger partial charge in [-0.25, -0.2) is 9.69 Å². The second-order valence-electron chi connectivity index (χ2n) is 8.37. The Morgan fingerprint density at radius 3 is 2.47 bits per heavy atom. The van der Waals surface area contributed by atoms with Crippen molar-refractivity contribution in [2.45, 2.75) is 58.0 Å². The van der Waals surface area contributed by atoms with Gasteiger partial charge in [-0.3, -0.25) is 9.59 Å². The Morgan fingerprint density at radius 1 is 1.09 bits per heavy atom. The van der Waals surface area contributed by atoms with Crippen LogP contribution in [-0.4, -0.2) is 41.4 Å². The lowest BCUT2D eigenvalue weighted by Crippen LogP contribution is -2.43. The normalized spacial score (nSPS) is 19.0. The SMILES string of the molecule is CCOc1ccc(NC(=O)C[C@@H]2C(=O)N(c3cccc(C)c3)C(=O)N2C2CCCC2)cc1. The fourth-order valence-electron chi connectivity index (χ4n) is 4.58. The maximum absolute atomic E-state index is 13.4. The Bertz CT molecular complexity index is 999. The van der Waals surface area contributed by atoms with Gasteiger partial charge in [0.15, 0.2) is 0 Å². The minimum absolute atomic E-state index is 0.00969. The van der Waals surface area contributed by atoms with Gasteiger partial charge in [0.25, 0.3) is 5.91 Å². The van der Waals surface area contributed by atoms with E-state index in [1.54, 1.807) is 35.2 Å². The maximum Gasteiger partial charge on any atom is 0.332 e. The van der Waals surface area contributed by atoms with Gasteiger partial charge in [0.2, 0.25) is 5.91 Å². The molecular weight excluding hydrogens is 406 g/mol. The molecule has 1 aliphatic heterocycles. The molecule has 2 aliphatic rings. The van der Waals surface area contributed by atoms with E-state index in [1.165, 1.54) is 4.90 Å². The van der Waals surface area contributed by atoms with Crippen LogP contribution >= 0.6 is 0 Å². The van der Waals surface area contributed by atoms with Crippen molar-refractivity contribution in [2.24, 2.45) is 0 Å². The number of anilines is 2. The molecular formula is C25H29N3O4. The highest BCUT2D eigenvalue weighted by molar-refractivity contribution is 6.22. The van der Waals surface area contributed by atoms with E-state index in [-0.39, 0.29) is 30.3 Å². The Balaban J connectivity index is 1.53. The van der Waals surface area contributed by atoms with Crippen LogP contribution in [0.5, 0.6) is 5.75 Å². The zero-order chi connectivity index (χ0) is 22.7. The van der Waals surface area contributed by atoms with E-state index in [4.69, 9.17) is 4.74 Å². The third-order valence-electron chi connectivity index (χ3n) is 6.06. The molecule has 7 heteroatoms. The van der Waals surface area contributed by atoms with Crippen LogP contribution in [0, 0.1) is 6.92 Å². The van der Waals surface area contributed by atoms with Gasteiger partial charge in [0.1, 0.15) is 11.8 Å². The van der Waals surface area contributed by atoms with Gasteiger partial charge in [-0.2, -0.15) is 0 Å². The van der Waals surface area contributed by atoms with E-state index in [1.807, 2.05) is 32.0 Å². The van der Waals surface area contributed by atoms with Crippen LogP contribution in [0.1, 0.15) is 44.6 Å². The summed E-state index contributed by atoms with van der Waals surface area (Å²) in [6.45, 7) is 4.40. The standard InChI is InChI=1S/C25H29N3O4/c1-3-32-21-13-11-18(12-14-21)26-23(29)16-22-24(30)28(20-10-6-7-17(2)15-20)25(31)27(22)19-8-4-5-9-19/h6-7,10-15,19,22H,3-5,8-9,16H2,1-2H3,(H,26,29)/t22-/m1/s1. The molecule has 32 heavy (non-hydrogen) atoms. The number of carbonyl (C=O) groups excluding carboxylic acids is 3. The summed E-state index contributed by atoms with van der Waals surface area (Å²) < 4.78 is 5.43. The first-order valence-corrected chi connectivity index (χ1v) is 11.2. The van der Waals surface area contributed by atoms with Gasteiger partial charge >= 0.3 is 6.03 Å². The van der Waals surface area contributed by atoms with Gasteiger partial charge in [0.05, 0.1) is 18.7 Å². The average Bonchev–Trinajstić information content (AvgIpc) is 3.36. The number of ether oxygens (including phenoxy) is 1. The van der Waals surface area contributed by atoms with Gasteiger partial charge in [0, 0.05) is 11.7 Å². The first-order chi connectivity index (χ1) is 15.5. The molecule has 1 saturated heterocycles. The van der Waals surface area contributed by atoms with Gasteiger partial charge in [-0.05, 0) is 68.7 Å². The quantitative estimate of drug-likeness (QED) is 0.650. The molecule has 1 heterocycles. The summed E-state index contributed by atoms with van der Waals surface area (Å²) >= 11 is 0. The number of nitrogens with one attached hydrogen (secondary N) is 1. The fraction of sp³-hybridized carbons (Fsp3) is 0.400. The second kappa shape index (κ2) is 9.42. The third kappa shape index (κ3) is 4.47. The number of amides is 4. The van der Waals surface area contributed by atoms with E-state index in [0.29, 0.717) is 18.0 Å². The van der Waals surface area contributed by atoms with Gasteiger partial charge in [-0.15, -0.1) is 0 Å². The summed E-state index contributed by atoms with van der Waals surface area (Å²) in [5.41, 5.74) is 2.14. The number of hydrogen-bond donors (Lipinski definition) is 1. The van der Waals surface area contributed by atoms with Crippen LogP contribution in [0.4, 0.5) is 16.2 Å². The third-order valence-corrected chi connectivity index (χ3v) is 6.06.